The summed E-state index contributed by atoms with van der Waals surface area (Å²) < 4.78 is 29.8. The van der Waals surface area contributed by atoms with E-state index in [4.69, 9.17) is 23.7 Å². The van der Waals surface area contributed by atoms with Gasteiger partial charge >= 0.3 is 29.6 Å². The van der Waals surface area contributed by atoms with E-state index in [0.717, 1.165) is 12.8 Å². The molecule has 6 N–H and O–H groups in total. The summed E-state index contributed by atoms with van der Waals surface area (Å²) in [6, 6.07) is 17.0. The Labute approximate surface area is 306 Å². The van der Waals surface area contributed by atoms with Crippen LogP contribution < -0.4 is 40.0 Å². The first kappa shape index (κ1) is 39.8. The molecule has 13 atom stereocenters. The number of rotatable bonds is 12. The van der Waals surface area contributed by atoms with Crippen molar-refractivity contribution >= 4 is 11.9 Å². The topological polar surface area (TPSA) is 217 Å². The van der Waals surface area contributed by atoms with Crippen molar-refractivity contribution in [2.45, 2.75) is 119 Å². The van der Waals surface area contributed by atoms with Crippen molar-refractivity contribution in [2.24, 2.45) is 0 Å². The summed E-state index contributed by atoms with van der Waals surface area (Å²) in [7, 11) is 0. The number of nitrogens with one attached hydrogen (secondary N) is 1. The molecule has 14 nitrogen and oxygen atoms in total. The van der Waals surface area contributed by atoms with Gasteiger partial charge in [-0.25, -0.2) is 0 Å². The van der Waals surface area contributed by atoms with Crippen molar-refractivity contribution in [3.05, 3.63) is 71.8 Å². The molecule has 0 radical (unpaired) electrons. The van der Waals surface area contributed by atoms with Gasteiger partial charge < -0.3 is 64.4 Å². The van der Waals surface area contributed by atoms with E-state index in [2.05, 4.69) is 5.32 Å². The fourth-order valence-corrected chi connectivity index (χ4v) is 6.28. The standard InChI is InChI=1S/C34H45NO13.Na/c1-18-25(36)27(38)28(39)33(44-18)46-21-14-8-9-15-22(21)47-34-29(40)30(45-23(32(42)43)16-19-10-4-2-5-11-19)26(37)24(48-34)17-35-31(41)20-12-6-3-7-13-20;/h2-7,10-13,18,21-30,33-34,36-40H,8-9,14-17H2,1H3,(H,35,41)(H,42,43);/q;+1/p-1. The first-order valence-electron chi connectivity index (χ1n) is 16.3. The van der Waals surface area contributed by atoms with Gasteiger partial charge in [-0.15, -0.1) is 0 Å². The van der Waals surface area contributed by atoms with E-state index in [0.29, 0.717) is 24.0 Å². The van der Waals surface area contributed by atoms with Crippen LogP contribution in [0.15, 0.2) is 60.7 Å². The van der Waals surface area contributed by atoms with Crippen molar-refractivity contribution in [3.8, 4) is 0 Å². The fourth-order valence-electron chi connectivity index (χ4n) is 6.28. The molecule has 3 aliphatic rings. The Kier molecular flexibility index (Phi) is 15.0. The zero-order chi connectivity index (χ0) is 34.4. The van der Waals surface area contributed by atoms with Crippen molar-refractivity contribution in [3.63, 3.8) is 0 Å². The average Bonchev–Trinajstić information content (AvgIpc) is 3.09. The Morgan fingerprint density at radius 1 is 0.816 bits per heavy atom. The molecule has 0 aromatic heterocycles. The summed E-state index contributed by atoms with van der Waals surface area (Å²) in [5.74, 6) is -2.00. The molecule has 49 heavy (non-hydrogen) atoms. The van der Waals surface area contributed by atoms with Crippen LogP contribution in [0.2, 0.25) is 0 Å². The van der Waals surface area contributed by atoms with Crippen LogP contribution in [0.3, 0.4) is 0 Å². The van der Waals surface area contributed by atoms with Crippen LogP contribution in [0, 0.1) is 0 Å². The number of carboxylic acid groups (broad SMARTS) is 1. The Hall–Kier alpha value is -2.02. The third-order valence-corrected chi connectivity index (χ3v) is 9.06. The molecule has 264 valence electrons. The maximum atomic E-state index is 12.8. The quantitative estimate of drug-likeness (QED) is 0.116. The van der Waals surface area contributed by atoms with E-state index >= 15 is 0 Å². The maximum Gasteiger partial charge on any atom is 1.00 e. The van der Waals surface area contributed by atoms with Gasteiger partial charge in [-0.3, -0.25) is 4.79 Å². The molecule has 2 aliphatic heterocycles. The summed E-state index contributed by atoms with van der Waals surface area (Å²) in [6.07, 6.45) is -14.6. The predicted octanol–water partition coefficient (Wildman–Crippen LogP) is -4.21. The Morgan fingerprint density at radius 2 is 1.39 bits per heavy atom. The number of ether oxygens (including phenoxy) is 5. The van der Waals surface area contributed by atoms with Crippen LogP contribution in [0.25, 0.3) is 0 Å². The van der Waals surface area contributed by atoms with Gasteiger partial charge in [0, 0.05) is 18.5 Å². The number of hydrogen-bond acceptors (Lipinski definition) is 13. The second-order valence-electron chi connectivity index (χ2n) is 12.5. The van der Waals surface area contributed by atoms with E-state index in [-0.39, 0.29) is 42.5 Å². The molecule has 2 aromatic carbocycles. The number of carboxylic acids is 1. The molecule has 1 amide bonds. The summed E-state index contributed by atoms with van der Waals surface area (Å²) in [4.78, 5) is 25.0. The van der Waals surface area contributed by atoms with Crippen molar-refractivity contribution in [1.82, 2.24) is 5.32 Å². The smallest absolute Gasteiger partial charge is 0.547 e. The first-order valence-corrected chi connectivity index (χ1v) is 16.3. The molecule has 13 unspecified atom stereocenters. The Bertz CT molecular complexity index is 1330. The molecule has 1 aliphatic carbocycles. The zero-order valence-corrected chi connectivity index (χ0v) is 29.5. The number of aliphatic hydroxyl groups is 5. The number of hydrogen-bond donors (Lipinski definition) is 6. The van der Waals surface area contributed by atoms with E-state index in [1.165, 1.54) is 6.92 Å². The summed E-state index contributed by atoms with van der Waals surface area (Å²) in [6.45, 7) is 1.30. The molecular formula is C34H44NNaO13. The largest absolute Gasteiger partial charge is 1.00 e. The van der Waals surface area contributed by atoms with Crippen molar-refractivity contribution in [1.29, 1.82) is 0 Å². The molecule has 15 heteroatoms. The summed E-state index contributed by atoms with van der Waals surface area (Å²) in [5.41, 5.74) is 0.994. The molecule has 0 bridgehead atoms. The monoisotopic (exact) mass is 697 g/mol. The third-order valence-electron chi connectivity index (χ3n) is 9.06. The minimum Gasteiger partial charge on any atom is -0.547 e. The molecule has 3 fully saturated rings. The van der Waals surface area contributed by atoms with Crippen LogP contribution in [-0.4, -0.2) is 124 Å². The molecular weight excluding hydrogens is 653 g/mol. The van der Waals surface area contributed by atoms with Gasteiger partial charge in [0.05, 0.1) is 24.3 Å². The van der Waals surface area contributed by atoms with E-state index in [9.17, 15) is 40.2 Å². The fraction of sp³-hybridized carbons (Fsp3) is 0.588. The van der Waals surface area contributed by atoms with Crippen molar-refractivity contribution in [2.75, 3.05) is 6.54 Å². The summed E-state index contributed by atoms with van der Waals surface area (Å²) >= 11 is 0. The first-order chi connectivity index (χ1) is 23.0. The van der Waals surface area contributed by atoms with Crippen LogP contribution in [0.1, 0.15) is 48.5 Å². The molecule has 5 rings (SSSR count). The van der Waals surface area contributed by atoms with Crippen LogP contribution in [0.4, 0.5) is 0 Å². The SMILES string of the molecule is CC1OC(OC2CCCCC2OC2OC(CNC(=O)c3ccccc3)C(O)C(OC(Cc3ccccc3)C(=O)[O-])C2O)C(O)C(O)C1O.[Na+]. The predicted molar refractivity (Wildman–Crippen MR) is 164 cm³/mol. The number of carbonyl (C=O) groups excluding carboxylic acids is 2. The van der Waals surface area contributed by atoms with Crippen LogP contribution in [-0.2, 0) is 34.9 Å². The van der Waals surface area contributed by atoms with Gasteiger partial charge in [-0.05, 0) is 37.5 Å². The second kappa shape index (κ2) is 18.5. The van der Waals surface area contributed by atoms with Crippen LogP contribution >= 0.6 is 0 Å². The van der Waals surface area contributed by atoms with Gasteiger partial charge in [-0.2, -0.15) is 0 Å². The van der Waals surface area contributed by atoms with Crippen molar-refractivity contribution < 1.29 is 93.5 Å². The molecule has 2 saturated heterocycles. The average molecular weight is 698 g/mol. The summed E-state index contributed by atoms with van der Waals surface area (Å²) in [5, 5.41) is 68.5. The number of amides is 1. The van der Waals surface area contributed by atoms with E-state index in [1.807, 2.05) is 0 Å². The number of benzene rings is 2. The van der Waals surface area contributed by atoms with E-state index in [1.54, 1.807) is 60.7 Å². The molecule has 2 heterocycles. The minimum atomic E-state index is -1.69. The maximum absolute atomic E-state index is 12.8. The second-order valence-corrected chi connectivity index (χ2v) is 12.5. The zero-order valence-electron chi connectivity index (χ0n) is 27.5. The third kappa shape index (κ3) is 10.1. The van der Waals surface area contributed by atoms with Gasteiger partial charge in [0.2, 0.25) is 0 Å². The van der Waals surface area contributed by atoms with E-state index < -0.39 is 91.6 Å². The normalized spacial score (nSPS) is 35.5. The Morgan fingerprint density at radius 3 is 1.98 bits per heavy atom. The molecule has 1 saturated carbocycles. The Balaban J connectivity index is 0.00000541. The number of aliphatic hydroxyl groups excluding tert-OH is 5. The number of aliphatic carboxylic acids is 1. The molecule has 0 spiro atoms. The van der Waals surface area contributed by atoms with Gasteiger partial charge in [-0.1, -0.05) is 61.4 Å². The van der Waals surface area contributed by atoms with Crippen LogP contribution in [0.5, 0.6) is 0 Å². The van der Waals surface area contributed by atoms with Gasteiger partial charge in [0.1, 0.15) is 48.8 Å². The van der Waals surface area contributed by atoms with Gasteiger partial charge in [0.25, 0.3) is 5.91 Å². The minimum absolute atomic E-state index is 0. The van der Waals surface area contributed by atoms with Gasteiger partial charge in [0.15, 0.2) is 12.6 Å². The number of carbonyl (C=O) groups is 2. The molecule has 2 aromatic rings.